The first kappa shape index (κ1) is 20.9. The van der Waals surface area contributed by atoms with E-state index in [1.807, 2.05) is 0 Å². The number of ketones is 1. The summed E-state index contributed by atoms with van der Waals surface area (Å²) in [5, 5.41) is 12.1. The molecule has 2 heterocycles. The van der Waals surface area contributed by atoms with Crippen molar-refractivity contribution in [3.8, 4) is 6.07 Å². The maximum absolute atomic E-state index is 13.0. The molecule has 1 aliphatic carbocycles. The number of Topliss-reactive ketones (excluding diaryl/α,β-unsaturated/α-hetero) is 1. The third-order valence-corrected chi connectivity index (χ3v) is 5.91. The SMILES string of the molecule is N#CC1=C(N)N(NC(=O)c2ccncc2)C2=C(C(=O)CCC2)C1c1ccc(Cl)cc1Cl. The lowest BCUT2D eigenvalue weighted by Crippen LogP contribution is -2.48. The lowest BCUT2D eigenvalue weighted by Gasteiger charge is -2.39. The molecule has 156 valence electrons. The van der Waals surface area contributed by atoms with Crippen LogP contribution < -0.4 is 11.2 Å². The minimum atomic E-state index is -0.730. The maximum atomic E-state index is 13.0. The molecule has 0 fully saturated rings. The number of halogens is 2. The van der Waals surface area contributed by atoms with Gasteiger partial charge in [0.25, 0.3) is 5.91 Å². The van der Waals surface area contributed by atoms with Gasteiger partial charge in [-0.25, -0.2) is 5.01 Å². The van der Waals surface area contributed by atoms with Gasteiger partial charge < -0.3 is 5.73 Å². The summed E-state index contributed by atoms with van der Waals surface area (Å²) in [7, 11) is 0. The number of hydrazine groups is 1. The minimum Gasteiger partial charge on any atom is -0.383 e. The number of carbonyl (C=O) groups is 2. The number of pyridine rings is 1. The van der Waals surface area contributed by atoms with Crippen LogP contribution in [-0.2, 0) is 4.79 Å². The predicted molar refractivity (Wildman–Crippen MR) is 115 cm³/mol. The molecule has 2 aromatic rings. The lowest BCUT2D eigenvalue weighted by molar-refractivity contribution is -0.116. The first-order chi connectivity index (χ1) is 14.9. The van der Waals surface area contributed by atoms with Crippen LogP contribution in [0, 0.1) is 11.3 Å². The summed E-state index contributed by atoms with van der Waals surface area (Å²) in [6, 6.07) is 10.1. The van der Waals surface area contributed by atoms with Crippen molar-refractivity contribution in [3.63, 3.8) is 0 Å². The van der Waals surface area contributed by atoms with Crippen molar-refractivity contribution >= 4 is 34.9 Å². The van der Waals surface area contributed by atoms with Crippen LogP contribution in [0.25, 0.3) is 0 Å². The molecular weight excluding hydrogens is 437 g/mol. The Morgan fingerprint density at radius 2 is 1.97 bits per heavy atom. The Morgan fingerprint density at radius 1 is 1.23 bits per heavy atom. The van der Waals surface area contributed by atoms with Gasteiger partial charge in [-0.05, 0) is 42.7 Å². The molecule has 0 spiro atoms. The molecule has 7 nitrogen and oxygen atoms in total. The van der Waals surface area contributed by atoms with Crippen molar-refractivity contribution in [2.24, 2.45) is 5.73 Å². The van der Waals surface area contributed by atoms with Gasteiger partial charge in [-0.15, -0.1) is 0 Å². The van der Waals surface area contributed by atoms with Crippen molar-refractivity contribution < 1.29 is 9.59 Å². The van der Waals surface area contributed by atoms with E-state index < -0.39 is 11.8 Å². The van der Waals surface area contributed by atoms with Crippen molar-refractivity contribution in [2.45, 2.75) is 25.2 Å². The first-order valence-corrected chi connectivity index (χ1v) is 10.3. The zero-order valence-electron chi connectivity index (χ0n) is 16.2. The van der Waals surface area contributed by atoms with Gasteiger partial charge in [-0.1, -0.05) is 29.3 Å². The molecule has 31 heavy (non-hydrogen) atoms. The molecule has 0 bridgehead atoms. The Kier molecular flexibility index (Phi) is 5.68. The van der Waals surface area contributed by atoms with Gasteiger partial charge in [-0.3, -0.25) is 20.0 Å². The van der Waals surface area contributed by atoms with Gasteiger partial charge in [0.15, 0.2) is 5.78 Å². The van der Waals surface area contributed by atoms with Crippen LogP contribution in [-0.4, -0.2) is 21.7 Å². The van der Waals surface area contributed by atoms with E-state index >= 15 is 0 Å². The fraction of sp³-hybridized carbons (Fsp3) is 0.182. The molecule has 0 saturated heterocycles. The number of hydrogen-bond acceptors (Lipinski definition) is 6. The topological polar surface area (TPSA) is 112 Å². The highest BCUT2D eigenvalue weighted by molar-refractivity contribution is 6.35. The molecule has 0 radical (unpaired) electrons. The molecule has 1 atom stereocenters. The molecule has 1 aliphatic heterocycles. The summed E-state index contributed by atoms with van der Waals surface area (Å²) < 4.78 is 0. The Labute approximate surface area is 188 Å². The Hall–Kier alpha value is -3.34. The van der Waals surface area contributed by atoms with Crippen LogP contribution in [0.1, 0.15) is 41.1 Å². The molecule has 0 saturated carbocycles. The van der Waals surface area contributed by atoms with Crippen LogP contribution in [0.15, 0.2) is 65.4 Å². The minimum absolute atomic E-state index is 0.0503. The van der Waals surface area contributed by atoms with Crippen LogP contribution in [0.3, 0.4) is 0 Å². The Bertz CT molecular complexity index is 1180. The molecule has 3 N–H and O–H groups in total. The van der Waals surface area contributed by atoms with Crippen molar-refractivity contribution in [2.75, 3.05) is 0 Å². The molecule has 1 unspecified atom stereocenters. The van der Waals surface area contributed by atoms with E-state index in [1.54, 1.807) is 30.3 Å². The van der Waals surface area contributed by atoms with Gasteiger partial charge >= 0.3 is 0 Å². The van der Waals surface area contributed by atoms with E-state index in [9.17, 15) is 14.9 Å². The molecule has 1 aromatic carbocycles. The zero-order valence-corrected chi connectivity index (χ0v) is 17.7. The number of aromatic nitrogens is 1. The van der Waals surface area contributed by atoms with E-state index in [2.05, 4.69) is 16.5 Å². The highest BCUT2D eigenvalue weighted by Crippen LogP contribution is 2.46. The van der Waals surface area contributed by atoms with Crippen molar-refractivity contribution in [1.82, 2.24) is 15.4 Å². The number of nitrogens with one attached hydrogen (secondary N) is 1. The van der Waals surface area contributed by atoms with Gasteiger partial charge in [0, 0.05) is 45.7 Å². The largest absolute Gasteiger partial charge is 0.383 e. The summed E-state index contributed by atoms with van der Waals surface area (Å²) in [6.07, 6.45) is 4.45. The van der Waals surface area contributed by atoms with Gasteiger partial charge in [-0.2, -0.15) is 5.26 Å². The molecule has 2 aliphatic rings. The highest BCUT2D eigenvalue weighted by atomic mass is 35.5. The van der Waals surface area contributed by atoms with Gasteiger partial charge in [0.1, 0.15) is 5.82 Å². The lowest BCUT2D eigenvalue weighted by atomic mass is 9.76. The number of hydrogen-bond donors (Lipinski definition) is 2. The smallest absolute Gasteiger partial charge is 0.270 e. The number of rotatable bonds is 3. The van der Waals surface area contributed by atoms with E-state index in [-0.39, 0.29) is 17.2 Å². The van der Waals surface area contributed by atoms with E-state index in [1.165, 1.54) is 17.4 Å². The second-order valence-electron chi connectivity index (χ2n) is 7.16. The number of nitrogens with two attached hydrogens (primary N) is 1. The third-order valence-electron chi connectivity index (χ3n) is 5.34. The van der Waals surface area contributed by atoms with E-state index in [0.717, 1.165) is 0 Å². The molecular formula is C22H17Cl2N5O2. The average Bonchev–Trinajstić information content (AvgIpc) is 2.76. The summed E-state index contributed by atoms with van der Waals surface area (Å²) in [4.78, 5) is 29.7. The van der Waals surface area contributed by atoms with Crippen LogP contribution >= 0.6 is 23.2 Å². The number of nitrogens with zero attached hydrogens (tertiary/aromatic N) is 3. The molecule has 1 aromatic heterocycles. The van der Waals surface area contributed by atoms with Crippen LogP contribution in [0.2, 0.25) is 10.0 Å². The monoisotopic (exact) mass is 453 g/mol. The van der Waals surface area contributed by atoms with E-state index in [4.69, 9.17) is 28.9 Å². The number of amides is 1. The van der Waals surface area contributed by atoms with Gasteiger partial charge in [0.2, 0.25) is 0 Å². The zero-order chi connectivity index (χ0) is 22.1. The maximum Gasteiger partial charge on any atom is 0.270 e. The Morgan fingerprint density at radius 3 is 2.65 bits per heavy atom. The van der Waals surface area contributed by atoms with E-state index in [0.29, 0.717) is 51.7 Å². The fourth-order valence-corrected chi connectivity index (χ4v) is 4.45. The second-order valence-corrected chi connectivity index (χ2v) is 8.00. The molecule has 9 heteroatoms. The summed E-state index contributed by atoms with van der Waals surface area (Å²) in [5.41, 5.74) is 11.1. The number of allylic oxidation sites excluding steroid dienone is 3. The normalized spacial score (nSPS) is 18.5. The van der Waals surface area contributed by atoms with Crippen LogP contribution in [0.5, 0.6) is 0 Å². The third kappa shape index (κ3) is 3.76. The average molecular weight is 454 g/mol. The number of benzene rings is 1. The molecule has 1 amide bonds. The summed E-state index contributed by atoms with van der Waals surface area (Å²) in [6.45, 7) is 0. The van der Waals surface area contributed by atoms with Crippen molar-refractivity contribution in [3.05, 3.63) is 86.6 Å². The second kappa shape index (κ2) is 8.42. The first-order valence-electron chi connectivity index (χ1n) is 9.54. The standard InChI is InChI=1S/C22H17Cl2N5O2/c23-13-4-5-14(16(24)10-13)19-15(11-25)21(26)29(17-2-1-3-18(30)20(17)19)28-22(31)12-6-8-27-9-7-12/h4-10,19H,1-3,26H2,(H,28,31). The predicted octanol–water partition coefficient (Wildman–Crippen LogP) is 3.83. The Balaban J connectivity index is 1.84. The van der Waals surface area contributed by atoms with Crippen LogP contribution in [0.4, 0.5) is 0 Å². The number of carbonyl (C=O) groups excluding carboxylic acids is 2. The quantitative estimate of drug-likeness (QED) is 0.729. The summed E-state index contributed by atoms with van der Waals surface area (Å²) >= 11 is 12.5. The summed E-state index contributed by atoms with van der Waals surface area (Å²) in [5.74, 6) is -1.22. The molecule has 4 rings (SSSR count). The van der Waals surface area contributed by atoms with Gasteiger partial charge in [0.05, 0.1) is 17.6 Å². The van der Waals surface area contributed by atoms with Crippen molar-refractivity contribution in [1.29, 1.82) is 5.26 Å². The fourth-order valence-electron chi connectivity index (χ4n) is 3.93. The highest BCUT2D eigenvalue weighted by Gasteiger charge is 2.41. The number of nitriles is 1.